The summed E-state index contributed by atoms with van der Waals surface area (Å²) in [5.74, 6) is 0.572. The monoisotopic (exact) mass is 416 g/mol. The van der Waals surface area contributed by atoms with Crippen LogP contribution in [-0.2, 0) is 4.79 Å². The first kappa shape index (κ1) is 17.8. The summed E-state index contributed by atoms with van der Waals surface area (Å²) < 4.78 is 0.773. The van der Waals surface area contributed by atoms with E-state index in [1.54, 1.807) is 23.9 Å². The van der Waals surface area contributed by atoms with Crippen molar-refractivity contribution < 1.29 is 4.79 Å². The Morgan fingerprint density at radius 1 is 1.08 bits per heavy atom. The lowest BCUT2D eigenvalue weighted by Gasteiger charge is -2.02. The molecule has 0 unspecified atom stereocenters. The Morgan fingerprint density at radius 2 is 1.79 bits per heavy atom. The Hall–Kier alpha value is -0.980. The minimum Gasteiger partial charge on any atom is -0.302 e. The molecule has 1 N–H and O–H groups in total. The lowest BCUT2D eigenvalue weighted by molar-refractivity contribution is -0.115. The number of hydrogen-bond acceptors (Lipinski definition) is 4. The van der Waals surface area contributed by atoms with E-state index in [0.29, 0.717) is 37.9 Å². The van der Waals surface area contributed by atoms with Crippen molar-refractivity contribution in [2.45, 2.75) is 11.3 Å². The first-order valence-corrected chi connectivity index (χ1v) is 9.89. The van der Waals surface area contributed by atoms with Crippen LogP contribution in [0.3, 0.4) is 0 Å². The van der Waals surface area contributed by atoms with Gasteiger partial charge in [-0.2, -0.15) is 0 Å². The lowest BCUT2D eigenvalue weighted by atomic mass is 10.3. The number of anilines is 1. The molecule has 0 radical (unpaired) electrons. The Bertz CT molecular complexity index is 842. The maximum Gasteiger partial charge on any atom is 0.226 e. The van der Waals surface area contributed by atoms with Gasteiger partial charge in [0.25, 0.3) is 0 Å². The third-order valence-electron chi connectivity index (χ3n) is 3.10. The Kier molecular flexibility index (Phi) is 5.89. The van der Waals surface area contributed by atoms with Gasteiger partial charge in [-0.15, -0.1) is 11.8 Å². The average Bonchev–Trinajstić information content (AvgIpc) is 2.98. The summed E-state index contributed by atoms with van der Waals surface area (Å²) in [5, 5.41) is 5.09. The lowest BCUT2D eigenvalue weighted by Crippen LogP contribution is -2.11. The van der Waals surface area contributed by atoms with Crippen molar-refractivity contribution in [3.8, 4) is 0 Å². The van der Waals surface area contributed by atoms with Gasteiger partial charge in [0.15, 0.2) is 5.13 Å². The van der Waals surface area contributed by atoms with Crippen LogP contribution in [0.1, 0.15) is 6.42 Å². The molecule has 124 valence electrons. The van der Waals surface area contributed by atoms with Crippen LogP contribution in [0.15, 0.2) is 41.3 Å². The molecule has 1 amide bonds. The quantitative estimate of drug-likeness (QED) is 0.490. The molecule has 3 rings (SSSR count). The molecule has 0 saturated carbocycles. The predicted molar refractivity (Wildman–Crippen MR) is 105 cm³/mol. The molecule has 3 nitrogen and oxygen atoms in total. The first-order valence-electron chi connectivity index (χ1n) is 6.95. The van der Waals surface area contributed by atoms with Gasteiger partial charge in [-0.05, 0) is 36.4 Å². The number of halogens is 3. The van der Waals surface area contributed by atoms with Crippen LogP contribution in [0.5, 0.6) is 0 Å². The Labute approximate surface area is 162 Å². The van der Waals surface area contributed by atoms with Crippen LogP contribution in [0.2, 0.25) is 15.1 Å². The van der Waals surface area contributed by atoms with Crippen molar-refractivity contribution in [3.63, 3.8) is 0 Å². The number of rotatable bonds is 5. The number of nitrogens with one attached hydrogen (secondary N) is 1. The number of thiazole rings is 1. The number of amides is 1. The third kappa shape index (κ3) is 4.35. The number of nitrogens with zero attached hydrogens (tertiary/aromatic N) is 1. The highest BCUT2D eigenvalue weighted by Gasteiger charge is 2.12. The number of carbonyl (C=O) groups is 1. The SMILES string of the molecule is O=C(CCSc1ccc(Cl)cc1)Nc1nc2c(Cl)ccc(Cl)c2s1. The molecular formula is C16H11Cl3N2OS2. The molecule has 24 heavy (non-hydrogen) atoms. The van der Waals surface area contributed by atoms with Crippen molar-refractivity contribution >= 4 is 79.2 Å². The molecule has 0 aliphatic heterocycles. The van der Waals surface area contributed by atoms with E-state index in [4.69, 9.17) is 34.8 Å². The fourth-order valence-electron chi connectivity index (χ4n) is 1.97. The molecule has 2 aromatic carbocycles. The molecule has 1 aromatic heterocycles. The maximum atomic E-state index is 12.1. The molecule has 0 spiro atoms. The maximum absolute atomic E-state index is 12.1. The zero-order chi connectivity index (χ0) is 17.1. The van der Waals surface area contributed by atoms with Crippen molar-refractivity contribution in [1.29, 1.82) is 0 Å². The van der Waals surface area contributed by atoms with Gasteiger partial charge >= 0.3 is 0 Å². The molecule has 0 saturated heterocycles. The molecule has 3 aromatic rings. The fourth-order valence-corrected chi connectivity index (χ4v) is 4.39. The summed E-state index contributed by atoms with van der Waals surface area (Å²) in [6.07, 6.45) is 0.380. The zero-order valence-corrected chi connectivity index (χ0v) is 16.1. The molecule has 0 bridgehead atoms. The summed E-state index contributed by atoms with van der Waals surface area (Å²) >= 11 is 21.0. The first-order chi connectivity index (χ1) is 11.5. The summed E-state index contributed by atoms with van der Waals surface area (Å²) in [6, 6.07) is 10.9. The van der Waals surface area contributed by atoms with Crippen molar-refractivity contribution in [1.82, 2.24) is 4.98 Å². The molecular weight excluding hydrogens is 407 g/mol. The van der Waals surface area contributed by atoms with E-state index in [-0.39, 0.29) is 5.91 Å². The topological polar surface area (TPSA) is 42.0 Å². The van der Waals surface area contributed by atoms with Gasteiger partial charge in [0.2, 0.25) is 5.91 Å². The number of hydrogen-bond donors (Lipinski definition) is 1. The Balaban J connectivity index is 1.58. The predicted octanol–water partition coefficient (Wildman–Crippen LogP) is 6.38. The molecule has 0 fully saturated rings. The van der Waals surface area contributed by atoms with Gasteiger partial charge in [0.1, 0.15) is 5.52 Å². The van der Waals surface area contributed by atoms with E-state index in [1.807, 2.05) is 24.3 Å². The molecule has 8 heteroatoms. The van der Waals surface area contributed by atoms with Crippen molar-refractivity contribution in [2.75, 3.05) is 11.1 Å². The standard InChI is InChI=1S/C16H11Cl3N2OS2/c17-9-1-3-10(4-2-9)23-8-7-13(22)20-16-21-14-11(18)5-6-12(19)15(14)24-16/h1-6H,7-8H2,(H,20,21,22). The number of benzene rings is 2. The van der Waals surface area contributed by atoms with Crippen LogP contribution < -0.4 is 5.32 Å². The summed E-state index contributed by atoms with van der Waals surface area (Å²) in [4.78, 5) is 17.5. The third-order valence-corrected chi connectivity index (χ3v) is 6.11. The van der Waals surface area contributed by atoms with Gasteiger partial charge in [-0.1, -0.05) is 46.1 Å². The van der Waals surface area contributed by atoms with Crippen LogP contribution in [0, 0.1) is 0 Å². The minimum absolute atomic E-state index is 0.0947. The van der Waals surface area contributed by atoms with Gasteiger partial charge in [-0.3, -0.25) is 4.79 Å². The van der Waals surface area contributed by atoms with E-state index in [1.165, 1.54) is 11.3 Å². The number of fused-ring (bicyclic) bond motifs is 1. The van der Waals surface area contributed by atoms with Crippen LogP contribution >= 0.6 is 57.9 Å². The fraction of sp³-hybridized carbons (Fsp3) is 0.125. The summed E-state index contributed by atoms with van der Waals surface area (Å²) in [6.45, 7) is 0. The van der Waals surface area contributed by atoms with Crippen molar-refractivity contribution in [2.24, 2.45) is 0 Å². The second kappa shape index (κ2) is 7.93. The van der Waals surface area contributed by atoms with Gasteiger partial charge in [0, 0.05) is 22.1 Å². The normalized spacial score (nSPS) is 11.0. The van der Waals surface area contributed by atoms with Crippen molar-refractivity contribution in [3.05, 3.63) is 51.5 Å². The number of thioether (sulfide) groups is 1. The molecule has 0 atom stereocenters. The van der Waals surface area contributed by atoms with Crippen LogP contribution in [-0.4, -0.2) is 16.6 Å². The van der Waals surface area contributed by atoms with Crippen LogP contribution in [0.4, 0.5) is 5.13 Å². The molecule has 0 aliphatic carbocycles. The van der Waals surface area contributed by atoms with E-state index in [9.17, 15) is 4.79 Å². The molecule has 1 heterocycles. The highest BCUT2D eigenvalue weighted by Crippen LogP contribution is 2.36. The van der Waals surface area contributed by atoms with E-state index in [0.717, 1.165) is 9.60 Å². The van der Waals surface area contributed by atoms with Gasteiger partial charge < -0.3 is 5.32 Å². The highest BCUT2D eigenvalue weighted by atomic mass is 35.5. The summed E-state index contributed by atoms with van der Waals surface area (Å²) in [7, 11) is 0. The number of aromatic nitrogens is 1. The van der Waals surface area contributed by atoms with E-state index < -0.39 is 0 Å². The largest absolute Gasteiger partial charge is 0.302 e. The minimum atomic E-state index is -0.0947. The summed E-state index contributed by atoms with van der Waals surface area (Å²) in [5.41, 5.74) is 0.611. The Morgan fingerprint density at radius 3 is 2.50 bits per heavy atom. The van der Waals surface area contributed by atoms with Gasteiger partial charge in [-0.25, -0.2) is 4.98 Å². The second-order valence-corrected chi connectivity index (χ2v) is 8.24. The van der Waals surface area contributed by atoms with E-state index >= 15 is 0 Å². The number of carbonyl (C=O) groups excluding carboxylic acids is 1. The van der Waals surface area contributed by atoms with Crippen LogP contribution in [0.25, 0.3) is 10.2 Å². The highest BCUT2D eigenvalue weighted by molar-refractivity contribution is 7.99. The molecule has 0 aliphatic rings. The second-order valence-electron chi connectivity index (χ2n) is 4.83. The smallest absolute Gasteiger partial charge is 0.226 e. The average molecular weight is 418 g/mol. The van der Waals surface area contributed by atoms with Gasteiger partial charge in [0.05, 0.1) is 14.7 Å². The zero-order valence-electron chi connectivity index (χ0n) is 12.2. The van der Waals surface area contributed by atoms with E-state index in [2.05, 4.69) is 10.3 Å².